The molecule has 17 nitrogen and oxygen atoms in total. The fourth-order valence-corrected chi connectivity index (χ4v) is 20.9. The molecule has 0 aromatic rings. The van der Waals surface area contributed by atoms with Crippen molar-refractivity contribution in [3.63, 3.8) is 0 Å². The summed E-state index contributed by atoms with van der Waals surface area (Å²) in [6.07, 6.45) is 11.6. The Morgan fingerprint density at radius 1 is 0.807 bits per heavy atom. The summed E-state index contributed by atoms with van der Waals surface area (Å²) in [5.74, 6) is 0.375. The molecule has 2 heterocycles. The molecule has 7 aliphatic rings. The summed E-state index contributed by atoms with van der Waals surface area (Å²) in [5, 5.41) is 6.29. The van der Waals surface area contributed by atoms with Crippen LogP contribution in [0.15, 0.2) is 0 Å². The lowest BCUT2D eigenvalue weighted by molar-refractivity contribution is -0.260. The van der Waals surface area contributed by atoms with E-state index < -0.39 is 55.6 Å². The summed E-state index contributed by atoms with van der Waals surface area (Å²) in [7, 11) is 3.80. The molecule has 19 atom stereocenters. The number of carbonyl (C=O) groups excluding carboxylic acids is 5. The summed E-state index contributed by atoms with van der Waals surface area (Å²) in [6, 6.07) is -1.82. The lowest BCUT2D eigenvalue weighted by atomic mass is 9.31. The number of likely N-dealkylation sites (tertiary alicyclic amines) is 2. The van der Waals surface area contributed by atoms with E-state index in [1.165, 1.54) is 0 Å². The number of hydrogen-bond donors (Lipinski definition) is 3. The van der Waals surface area contributed by atoms with E-state index in [2.05, 4.69) is 77.8 Å². The molecular formula is C65H114N6O11P-. The summed E-state index contributed by atoms with van der Waals surface area (Å²) in [4.78, 5) is 101. The number of nitrogens with zero attached hydrogens (tertiary/aromatic N) is 4. The number of nitrogens with one attached hydrogen (secondary N) is 2. The van der Waals surface area contributed by atoms with Crippen molar-refractivity contribution in [3.05, 3.63) is 0 Å². The number of ether oxygens (including phenoxy) is 2. The first-order valence-corrected chi connectivity index (χ1v) is 34.0. The summed E-state index contributed by atoms with van der Waals surface area (Å²) in [6.45, 7) is 32.2. The number of likely N-dealkylation sites (N-methyl/N-ethyl adjacent to an activating group) is 2. The van der Waals surface area contributed by atoms with Crippen molar-refractivity contribution < 1.29 is 52.3 Å². The van der Waals surface area contributed by atoms with Gasteiger partial charge in [-0.2, -0.15) is 0 Å². The van der Waals surface area contributed by atoms with Gasteiger partial charge >= 0.3 is 0 Å². The first kappa shape index (κ1) is 67.8. The van der Waals surface area contributed by atoms with Crippen LogP contribution in [-0.4, -0.2) is 158 Å². The fourth-order valence-electron chi connectivity index (χ4n) is 20.2. The van der Waals surface area contributed by atoms with Crippen LogP contribution in [0.1, 0.15) is 200 Å². The molecule has 0 aromatic carbocycles. The molecule has 83 heavy (non-hydrogen) atoms. The molecule has 7 rings (SSSR count). The lowest BCUT2D eigenvalue weighted by Gasteiger charge is -2.73. The molecule has 2 bridgehead atoms. The van der Waals surface area contributed by atoms with Crippen molar-refractivity contribution in [3.8, 4) is 0 Å². The Morgan fingerprint density at radius 2 is 1.47 bits per heavy atom. The Kier molecular flexibility index (Phi) is 20.8. The first-order chi connectivity index (χ1) is 38.6. The van der Waals surface area contributed by atoms with Gasteiger partial charge in [-0.15, -0.1) is 0 Å². The molecule has 2 saturated heterocycles. The van der Waals surface area contributed by atoms with Crippen molar-refractivity contribution in [1.29, 1.82) is 0 Å². The normalized spacial score (nSPS) is 35.9. The highest BCUT2D eigenvalue weighted by Crippen LogP contribution is 2.78. The van der Waals surface area contributed by atoms with Gasteiger partial charge in [-0.25, -0.2) is 0 Å². The molecule has 5 aliphatic carbocycles. The molecule has 476 valence electrons. The minimum atomic E-state index is -4.88. The highest BCUT2D eigenvalue weighted by molar-refractivity contribution is 7.44. The smallest absolute Gasteiger partial charge is 0.265 e. The number of amides is 5. The number of unbranched alkanes of at least 4 members (excludes halogenated alkanes) is 1. The minimum Gasteiger partial charge on any atom is -0.756 e. The number of phosphoric ester groups is 1. The maximum absolute atomic E-state index is 15.2. The lowest BCUT2D eigenvalue weighted by Crippen LogP contribution is -2.68. The van der Waals surface area contributed by atoms with Crippen LogP contribution in [0.4, 0.5) is 0 Å². The van der Waals surface area contributed by atoms with Crippen molar-refractivity contribution >= 4 is 37.4 Å². The van der Waals surface area contributed by atoms with Crippen LogP contribution in [0.25, 0.3) is 0 Å². The van der Waals surface area contributed by atoms with Gasteiger partial charge in [0.2, 0.25) is 29.5 Å². The highest BCUT2D eigenvalue weighted by atomic mass is 31.2. The van der Waals surface area contributed by atoms with E-state index in [1.807, 2.05) is 58.5 Å². The van der Waals surface area contributed by atoms with Crippen LogP contribution in [0.5, 0.6) is 0 Å². The highest BCUT2D eigenvalue weighted by Gasteiger charge is 2.75. The largest absolute Gasteiger partial charge is 0.756 e. The minimum absolute atomic E-state index is 0.00184. The monoisotopic (exact) mass is 1190 g/mol. The van der Waals surface area contributed by atoms with Crippen molar-refractivity contribution in [2.45, 2.75) is 248 Å². The van der Waals surface area contributed by atoms with Gasteiger partial charge in [0.15, 0.2) is 0 Å². The van der Waals surface area contributed by atoms with Gasteiger partial charge < -0.3 is 49.1 Å². The van der Waals surface area contributed by atoms with Gasteiger partial charge in [-0.3, -0.25) is 33.4 Å². The summed E-state index contributed by atoms with van der Waals surface area (Å²) < 4.78 is 29.7. The summed E-state index contributed by atoms with van der Waals surface area (Å²) >= 11 is 0. The SMILES string of the molecule is CC[C@H](C)[C@@H]([C@@H](CC(=O)N1CCCC1[C@H](OC)[C@@H](C)C(=O)NCCCCN1C(=O)[C@]23CCC(C)(C)C1C2[C@H]1CCC2[C@@]4(C)CC[C@H](OP(=O)([O-])O)C(C)(C)C4CC[C@@]2(C)[C@]1(C)CC3)OC)N(C)C(=O)[C@@H](NC(=O)[C@H](C(C)C)N(C)C)C(C)C. The predicted octanol–water partition coefficient (Wildman–Crippen LogP) is 9.08. The van der Waals surface area contributed by atoms with Gasteiger partial charge in [-0.1, -0.05) is 103 Å². The van der Waals surface area contributed by atoms with E-state index in [9.17, 15) is 33.5 Å². The number of methoxy groups -OCH3 is 2. The third-order valence-corrected chi connectivity index (χ3v) is 25.3. The third-order valence-electron chi connectivity index (χ3n) is 24.7. The van der Waals surface area contributed by atoms with Gasteiger partial charge in [0.05, 0.1) is 54.2 Å². The topological polar surface area (TPSA) is 210 Å². The maximum Gasteiger partial charge on any atom is 0.265 e. The maximum atomic E-state index is 15.2. The van der Waals surface area contributed by atoms with E-state index in [-0.39, 0.29) is 98.8 Å². The molecule has 3 N–H and O–H groups in total. The van der Waals surface area contributed by atoms with Crippen LogP contribution in [0.3, 0.4) is 0 Å². The van der Waals surface area contributed by atoms with Crippen molar-refractivity contribution in [1.82, 2.24) is 30.2 Å². The molecule has 18 heteroatoms. The van der Waals surface area contributed by atoms with Gasteiger partial charge in [0.25, 0.3) is 7.82 Å². The van der Waals surface area contributed by atoms with E-state index in [0.29, 0.717) is 50.2 Å². The fraction of sp³-hybridized carbons (Fsp3) is 0.923. The molecule has 5 saturated carbocycles. The van der Waals surface area contributed by atoms with E-state index in [1.54, 1.807) is 26.2 Å². The number of hydrogen-bond acceptors (Lipinski definition) is 11. The van der Waals surface area contributed by atoms with Crippen molar-refractivity contribution in [2.24, 2.45) is 79.8 Å². The van der Waals surface area contributed by atoms with Crippen LogP contribution in [0, 0.1) is 79.8 Å². The number of carbonyl (C=O) groups is 5. The standard InChI is InChI=1S/C65H115N6O11P/c1-20-41(6)53(69(17)58(75)51(39(2)3)67-57(74)52(40(4)5)68(15)16)45(80-18)38-49(72)70-37-23-24-44(70)54(81-19)42(7)56(73)66-35-21-22-36-71-55-50-43-25-26-47-62(12)29-28-48(82-83(77,78)79)61(10,11)46(62)27-30-64(47,14)63(43,13)32-34-65(50,59(71)76)33-31-60(55,8)9/h39-48,50-55H,20-38H2,1-19H3,(H,66,73)(H,67,74)(H2,77,78,79)/p-1/t41-,42+,43+,44?,45+,46?,47?,48-,50?,51-,52-,53-,54+,55?,62-,63+,64+,65-/m0/s1. The van der Waals surface area contributed by atoms with Crippen molar-refractivity contribution in [2.75, 3.05) is 55.0 Å². The Morgan fingerprint density at radius 3 is 2.06 bits per heavy atom. The zero-order chi connectivity index (χ0) is 61.9. The number of phosphoric acid groups is 1. The van der Waals surface area contributed by atoms with Crippen LogP contribution >= 0.6 is 7.82 Å². The first-order valence-electron chi connectivity index (χ1n) is 32.5. The molecule has 0 aromatic heterocycles. The van der Waals surface area contributed by atoms with Gasteiger partial charge in [0.1, 0.15) is 6.04 Å². The second-order valence-electron chi connectivity index (χ2n) is 30.7. The molecule has 0 radical (unpaired) electrons. The van der Waals surface area contributed by atoms with Crippen LogP contribution in [-0.2, 0) is 42.5 Å². The Balaban J connectivity index is 0.968. The van der Waals surface area contributed by atoms with E-state index in [4.69, 9.17) is 14.0 Å². The van der Waals surface area contributed by atoms with E-state index >= 15 is 4.79 Å². The molecule has 6 unspecified atom stereocenters. The van der Waals surface area contributed by atoms with Gasteiger partial charge in [0, 0.05) is 46.9 Å². The Bertz CT molecular complexity index is 2370. The molecular weight excluding hydrogens is 1070 g/mol. The zero-order valence-electron chi connectivity index (χ0n) is 54.9. The zero-order valence-corrected chi connectivity index (χ0v) is 55.8. The van der Waals surface area contributed by atoms with E-state index in [0.717, 1.165) is 83.5 Å². The Labute approximate surface area is 500 Å². The average Bonchev–Trinajstić information content (AvgIpc) is 3.58. The molecule has 5 amide bonds. The van der Waals surface area contributed by atoms with Gasteiger partial charge in [-0.05, 0) is 172 Å². The number of fused-ring (bicyclic) bond motifs is 5. The Hall–Kier alpha value is -2.66. The predicted molar refractivity (Wildman–Crippen MR) is 322 cm³/mol. The quantitative estimate of drug-likeness (QED) is 0.0611. The number of rotatable bonds is 24. The molecule has 2 aliphatic heterocycles. The molecule has 7 fully saturated rings. The second-order valence-corrected chi connectivity index (χ2v) is 31.8. The summed E-state index contributed by atoms with van der Waals surface area (Å²) in [5.41, 5.74) is -0.692. The third kappa shape index (κ3) is 12.3. The van der Waals surface area contributed by atoms with Crippen LogP contribution < -0.4 is 15.5 Å². The molecule has 0 spiro atoms. The second kappa shape index (κ2) is 25.4. The van der Waals surface area contributed by atoms with Crippen LogP contribution in [0.2, 0.25) is 0 Å². The average molecular weight is 1190 g/mol.